The molecule has 0 saturated heterocycles. The first kappa shape index (κ1) is 25.6. The summed E-state index contributed by atoms with van der Waals surface area (Å²) in [5.41, 5.74) is 0. The molecule has 2 aromatic carbocycles. The second-order valence-corrected chi connectivity index (χ2v) is 5.07. The highest BCUT2D eigenvalue weighted by molar-refractivity contribution is 7.84. The molecule has 8 heteroatoms. The van der Waals surface area contributed by atoms with Crippen molar-refractivity contribution in [2.45, 2.75) is 21.3 Å². The van der Waals surface area contributed by atoms with Gasteiger partial charge in [-0.1, -0.05) is 69.8 Å². The Labute approximate surface area is 135 Å². The van der Waals surface area contributed by atoms with E-state index in [2.05, 4.69) is 48.5 Å². The van der Waals surface area contributed by atoms with Crippen molar-refractivity contribution < 1.29 is 26.3 Å². The normalized spacial score (nSPS) is 9.05. The van der Waals surface area contributed by atoms with E-state index in [1.54, 1.807) is 0 Å². The summed E-state index contributed by atoms with van der Waals surface area (Å²) in [6.45, 7) is 4.00. The minimum absolute atomic E-state index is 0. The summed E-state index contributed by atoms with van der Waals surface area (Å²) < 4.78 is 52.6. The number of benzene rings is 2. The topological polar surface area (TPSA) is 120 Å². The molecule has 0 amide bonds. The first-order valence-corrected chi connectivity index (χ1v) is 8.63. The van der Waals surface area contributed by atoms with E-state index < -0.39 is 21.5 Å². The highest BCUT2D eigenvalue weighted by atomic mass is 32.2. The monoisotopic (exact) mass is 349 g/mol. The third-order valence-corrected chi connectivity index (χ3v) is 1.66. The molecule has 6 nitrogen and oxygen atoms in total. The minimum Gasteiger partial charge on any atom is -0.784 e. The van der Waals surface area contributed by atoms with Gasteiger partial charge in [0.05, 0.1) is 10.1 Å². The van der Waals surface area contributed by atoms with Crippen LogP contribution < -0.4 is 0 Å². The smallest absolute Gasteiger partial charge is 0.0916 e. The number of rotatable bonds is 0. The third-order valence-electron chi connectivity index (χ3n) is 1.66. The van der Waals surface area contributed by atoms with Gasteiger partial charge in [0.2, 0.25) is 0 Å². The summed E-state index contributed by atoms with van der Waals surface area (Å²) in [7, 11) is -3.92. The van der Waals surface area contributed by atoms with Crippen molar-refractivity contribution in [3.63, 3.8) is 0 Å². The third kappa shape index (κ3) is 21.0. The maximum Gasteiger partial charge on any atom is 0.0916 e. The molecule has 128 valence electrons. The second-order valence-electron chi connectivity index (χ2n) is 3.26. The van der Waals surface area contributed by atoms with Gasteiger partial charge in [-0.2, -0.15) is 0 Å². The minimum atomic E-state index is -3.92. The van der Waals surface area contributed by atoms with Crippen LogP contribution in [0, 0.1) is 0 Å². The van der Waals surface area contributed by atoms with Gasteiger partial charge in [-0.05, 0) is 10.8 Å². The van der Waals surface area contributed by atoms with Crippen molar-refractivity contribution in [1.29, 1.82) is 0 Å². The number of fused-ring (bicyclic) bond motifs is 1. The Morgan fingerprint density at radius 3 is 1.14 bits per heavy atom. The number of hydrogen-bond donors (Lipinski definition) is 0. The number of hydrogen-bond acceptors (Lipinski definition) is 6. The molecule has 0 saturated carbocycles. The summed E-state index contributed by atoms with van der Waals surface area (Å²) in [6.07, 6.45) is 0.604. The maximum atomic E-state index is 9.08. The predicted molar refractivity (Wildman–Crippen MR) is 87.3 cm³/mol. The molecule has 0 aliphatic heterocycles. The van der Waals surface area contributed by atoms with Gasteiger partial charge < -0.3 is 13.7 Å². The van der Waals surface area contributed by atoms with Crippen molar-refractivity contribution in [3.8, 4) is 0 Å². The zero-order chi connectivity index (χ0) is 16.9. The lowest BCUT2D eigenvalue weighted by atomic mass is 10.1. The summed E-state index contributed by atoms with van der Waals surface area (Å²) in [4.78, 5) is 0. The van der Waals surface area contributed by atoms with Gasteiger partial charge in [0, 0.05) is 6.26 Å². The van der Waals surface area contributed by atoms with Gasteiger partial charge in [-0.15, -0.1) is 11.4 Å². The average molecular weight is 349 g/mol. The lowest BCUT2D eigenvalue weighted by Crippen LogP contribution is -1.88. The van der Waals surface area contributed by atoms with E-state index in [4.69, 9.17) is 26.3 Å². The molecule has 0 unspecified atom stereocenters. The Balaban J connectivity index is -0.000000260. The van der Waals surface area contributed by atoms with Gasteiger partial charge in [-0.3, -0.25) is 4.21 Å². The van der Waals surface area contributed by atoms with Crippen LogP contribution in [0.25, 0.3) is 10.8 Å². The second kappa shape index (κ2) is 14.6. The van der Waals surface area contributed by atoms with E-state index in [1.807, 2.05) is 13.8 Å². The lowest BCUT2D eigenvalue weighted by Gasteiger charge is -2.03. The van der Waals surface area contributed by atoms with Crippen LogP contribution in [0.4, 0.5) is 0 Å². The van der Waals surface area contributed by atoms with Gasteiger partial charge in [0.1, 0.15) is 0 Å². The van der Waals surface area contributed by atoms with E-state index in [0.29, 0.717) is 6.26 Å². The Bertz CT molecular complexity index is 549. The van der Waals surface area contributed by atoms with Crippen LogP contribution in [-0.4, -0.2) is 32.5 Å². The summed E-state index contributed by atoms with van der Waals surface area (Å²) in [5, 5.41) is 2.62. The fourth-order valence-electron chi connectivity index (χ4n) is 1.13. The molecule has 0 N–H and O–H groups in total. The summed E-state index contributed by atoms with van der Waals surface area (Å²) in [5.74, 6) is 0. The zero-order valence-electron chi connectivity index (χ0n) is 11.9. The van der Waals surface area contributed by atoms with E-state index in [-0.39, 0.29) is 7.43 Å². The van der Waals surface area contributed by atoms with Crippen molar-refractivity contribution in [2.75, 3.05) is 6.26 Å². The zero-order valence-corrected chi connectivity index (χ0v) is 13.5. The molecular weight excluding hydrogens is 328 g/mol. The molecule has 0 spiro atoms. The van der Waals surface area contributed by atoms with Crippen LogP contribution >= 0.6 is 0 Å². The van der Waals surface area contributed by atoms with Crippen molar-refractivity contribution in [1.82, 2.24) is 0 Å². The SMILES string of the molecule is C.CC.CS(=O)(=O)[O-].O=S([O-])[O-].c1ccc2ccccc2c1. The standard InChI is InChI=1S/C10H8.C2H6.CH4O3S.CH4.H2O3S/c1-2-6-10-8-4-3-7-9(10)5-1;1-2;1-5(2,3)4;;1-4(2)3/h1-8H;1-2H3;1H3,(H,2,3,4);1H4;(H2,1,2,3)/p-3. The highest BCUT2D eigenvalue weighted by Crippen LogP contribution is 2.11. The molecule has 0 bridgehead atoms. The maximum absolute atomic E-state index is 9.08. The Hall–Kier alpha value is -1.32. The molecule has 0 heterocycles. The summed E-state index contributed by atoms with van der Waals surface area (Å²) in [6, 6.07) is 16.7. The van der Waals surface area contributed by atoms with Crippen LogP contribution in [0.1, 0.15) is 21.3 Å². The van der Waals surface area contributed by atoms with E-state index in [1.165, 1.54) is 10.8 Å². The van der Waals surface area contributed by atoms with Gasteiger partial charge >= 0.3 is 0 Å². The Morgan fingerprint density at radius 1 is 0.864 bits per heavy atom. The van der Waals surface area contributed by atoms with Gasteiger partial charge in [0.15, 0.2) is 0 Å². The Morgan fingerprint density at radius 2 is 1.00 bits per heavy atom. The molecule has 2 aromatic rings. The molecule has 0 aromatic heterocycles. The van der Waals surface area contributed by atoms with Crippen molar-refractivity contribution in [3.05, 3.63) is 48.5 Å². The van der Waals surface area contributed by atoms with E-state index >= 15 is 0 Å². The van der Waals surface area contributed by atoms with Crippen LogP contribution in [-0.2, 0) is 21.5 Å². The first-order chi connectivity index (χ1) is 9.70. The average Bonchev–Trinajstić information content (AvgIpc) is 2.39. The Kier molecular flexibility index (Phi) is 17.0. The molecule has 2 rings (SSSR count). The summed E-state index contributed by atoms with van der Waals surface area (Å²) >= 11 is -3.11. The van der Waals surface area contributed by atoms with E-state index in [0.717, 1.165) is 0 Å². The molecule has 0 fully saturated rings. The van der Waals surface area contributed by atoms with Crippen LogP contribution in [0.5, 0.6) is 0 Å². The predicted octanol–water partition coefficient (Wildman–Crippen LogP) is 2.66. The van der Waals surface area contributed by atoms with Crippen LogP contribution in [0.2, 0.25) is 0 Å². The van der Waals surface area contributed by atoms with Crippen molar-refractivity contribution >= 4 is 32.3 Å². The fourth-order valence-corrected chi connectivity index (χ4v) is 1.13. The molecule has 0 aliphatic carbocycles. The molecular formula is C14H21O6S2-3. The van der Waals surface area contributed by atoms with Gasteiger partial charge in [0.25, 0.3) is 0 Å². The fraction of sp³-hybridized carbons (Fsp3) is 0.286. The van der Waals surface area contributed by atoms with Gasteiger partial charge in [-0.25, -0.2) is 8.42 Å². The van der Waals surface area contributed by atoms with Crippen LogP contribution in [0.15, 0.2) is 48.5 Å². The van der Waals surface area contributed by atoms with E-state index in [9.17, 15) is 0 Å². The molecule has 0 atom stereocenters. The quantitative estimate of drug-likeness (QED) is 0.532. The molecule has 0 radical (unpaired) electrons. The molecule has 22 heavy (non-hydrogen) atoms. The lowest BCUT2D eigenvalue weighted by molar-refractivity contribution is 0.419. The largest absolute Gasteiger partial charge is 0.784 e. The molecule has 0 aliphatic rings. The van der Waals surface area contributed by atoms with Crippen molar-refractivity contribution in [2.24, 2.45) is 0 Å². The first-order valence-electron chi connectivity index (χ1n) is 5.81. The highest BCUT2D eigenvalue weighted by Gasteiger charge is 1.85. The van der Waals surface area contributed by atoms with Crippen LogP contribution in [0.3, 0.4) is 0 Å².